The van der Waals surface area contributed by atoms with Crippen LogP contribution < -0.4 is 15.4 Å². The van der Waals surface area contributed by atoms with Crippen LogP contribution in [0.1, 0.15) is 36.1 Å². The Kier molecular flexibility index (Phi) is 5.83. The minimum atomic E-state index is -0.0575. The summed E-state index contributed by atoms with van der Waals surface area (Å²) in [6.45, 7) is 6.73. The van der Waals surface area contributed by atoms with E-state index in [0.29, 0.717) is 13.0 Å². The minimum Gasteiger partial charge on any atom is -0.496 e. The van der Waals surface area contributed by atoms with Crippen LogP contribution in [0.15, 0.2) is 12.1 Å². The quantitative estimate of drug-likeness (QED) is 0.827. The summed E-state index contributed by atoms with van der Waals surface area (Å²) in [5, 5.41) is 5.97. The van der Waals surface area contributed by atoms with Crippen molar-refractivity contribution in [1.29, 1.82) is 0 Å². The average molecular weight is 264 g/mol. The Morgan fingerprint density at radius 3 is 2.63 bits per heavy atom. The highest BCUT2D eigenvalue weighted by Gasteiger charge is 2.16. The van der Waals surface area contributed by atoms with Crippen LogP contribution in [0.4, 0.5) is 0 Å². The Morgan fingerprint density at radius 2 is 2.05 bits per heavy atom. The molecule has 4 heteroatoms. The number of carbonyl (C=O) groups excluding carboxylic acids is 1. The van der Waals surface area contributed by atoms with Gasteiger partial charge in [0, 0.05) is 18.5 Å². The van der Waals surface area contributed by atoms with E-state index in [1.807, 2.05) is 27.8 Å². The number of ether oxygens (including phenoxy) is 1. The van der Waals surface area contributed by atoms with Crippen molar-refractivity contribution in [2.75, 3.05) is 20.7 Å². The Balaban J connectivity index is 2.86. The third kappa shape index (κ3) is 4.24. The monoisotopic (exact) mass is 264 g/mol. The van der Waals surface area contributed by atoms with Crippen LogP contribution >= 0.6 is 0 Å². The maximum Gasteiger partial charge on any atom is 0.221 e. The zero-order valence-corrected chi connectivity index (χ0v) is 12.5. The summed E-state index contributed by atoms with van der Waals surface area (Å²) in [5.74, 6) is 0.898. The lowest BCUT2D eigenvalue weighted by Gasteiger charge is -2.19. The fraction of sp³-hybridized carbons (Fsp3) is 0.533. The molecule has 4 nitrogen and oxygen atoms in total. The van der Waals surface area contributed by atoms with Crippen LogP contribution in [0.3, 0.4) is 0 Å². The van der Waals surface area contributed by atoms with Crippen molar-refractivity contribution >= 4 is 5.91 Å². The second-order valence-electron chi connectivity index (χ2n) is 4.85. The molecule has 0 aromatic heterocycles. The van der Waals surface area contributed by atoms with Gasteiger partial charge in [0.25, 0.3) is 0 Å². The van der Waals surface area contributed by atoms with Gasteiger partial charge in [-0.1, -0.05) is 17.7 Å². The number of methoxy groups -OCH3 is 1. The van der Waals surface area contributed by atoms with Crippen molar-refractivity contribution < 1.29 is 9.53 Å². The lowest BCUT2D eigenvalue weighted by atomic mass is 10.0. The predicted molar refractivity (Wildman–Crippen MR) is 77.6 cm³/mol. The fourth-order valence-electron chi connectivity index (χ4n) is 2.22. The molecule has 0 radical (unpaired) electrons. The van der Waals surface area contributed by atoms with Crippen molar-refractivity contribution in [3.05, 3.63) is 28.8 Å². The van der Waals surface area contributed by atoms with Crippen molar-refractivity contribution in [2.24, 2.45) is 0 Å². The summed E-state index contributed by atoms with van der Waals surface area (Å²) in [6, 6.07) is 4.09. The molecule has 106 valence electrons. The number of amides is 1. The van der Waals surface area contributed by atoms with Gasteiger partial charge in [0.15, 0.2) is 0 Å². The highest BCUT2D eigenvalue weighted by atomic mass is 16.5. The highest BCUT2D eigenvalue weighted by Crippen LogP contribution is 2.30. The number of rotatable bonds is 6. The first-order valence-electron chi connectivity index (χ1n) is 6.58. The molecule has 1 amide bonds. The lowest BCUT2D eigenvalue weighted by Crippen LogP contribution is -2.29. The van der Waals surface area contributed by atoms with Crippen LogP contribution in [0.5, 0.6) is 5.75 Å². The molecule has 0 saturated carbocycles. The number of benzene rings is 1. The van der Waals surface area contributed by atoms with Crippen LogP contribution in [-0.2, 0) is 4.79 Å². The summed E-state index contributed by atoms with van der Waals surface area (Å²) in [4.78, 5) is 11.8. The maximum atomic E-state index is 11.8. The Bertz CT molecular complexity index is 444. The molecule has 0 heterocycles. The Morgan fingerprint density at radius 1 is 1.37 bits per heavy atom. The number of aryl methyl sites for hydroxylation is 2. The second-order valence-corrected chi connectivity index (χ2v) is 4.85. The third-order valence-electron chi connectivity index (χ3n) is 3.10. The van der Waals surface area contributed by atoms with Gasteiger partial charge < -0.3 is 15.4 Å². The molecule has 0 saturated heterocycles. The van der Waals surface area contributed by atoms with Crippen LogP contribution in [-0.4, -0.2) is 26.6 Å². The van der Waals surface area contributed by atoms with Gasteiger partial charge in [-0.2, -0.15) is 0 Å². The fourth-order valence-corrected chi connectivity index (χ4v) is 2.22. The van der Waals surface area contributed by atoms with E-state index in [1.165, 1.54) is 5.56 Å². The molecular weight excluding hydrogens is 240 g/mol. The first-order chi connectivity index (χ1) is 8.99. The third-order valence-corrected chi connectivity index (χ3v) is 3.10. The van der Waals surface area contributed by atoms with E-state index >= 15 is 0 Å². The second kappa shape index (κ2) is 7.14. The van der Waals surface area contributed by atoms with Crippen molar-refractivity contribution in [3.8, 4) is 5.75 Å². The molecule has 0 fully saturated rings. The van der Waals surface area contributed by atoms with Gasteiger partial charge in [0.2, 0.25) is 5.91 Å². The molecule has 0 aliphatic carbocycles. The van der Waals surface area contributed by atoms with Gasteiger partial charge in [0.05, 0.1) is 13.2 Å². The van der Waals surface area contributed by atoms with E-state index < -0.39 is 0 Å². The largest absolute Gasteiger partial charge is 0.496 e. The van der Waals surface area contributed by atoms with Crippen LogP contribution in [0.25, 0.3) is 0 Å². The minimum absolute atomic E-state index is 0.0445. The van der Waals surface area contributed by atoms with Crippen LogP contribution in [0.2, 0.25) is 0 Å². The van der Waals surface area contributed by atoms with E-state index in [2.05, 4.69) is 22.8 Å². The molecule has 0 aliphatic heterocycles. The van der Waals surface area contributed by atoms with E-state index in [-0.39, 0.29) is 11.9 Å². The van der Waals surface area contributed by atoms with Gasteiger partial charge in [-0.15, -0.1) is 0 Å². The maximum absolute atomic E-state index is 11.8. The van der Waals surface area contributed by atoms with E-state index in [4.69, 9.17) is 4.74 Å². The molecule has 1 atom stereocenters. The summed E-state index contributed by atoms with van der Waals surface area (Å²) < 4.78 is 5.45. The van der Waals surface area contributed by atoms with Gasteiger partial charge >= 0.3 is 0 Å². The smallest absolute Gasteiger partial charge is 0.221 e. The van der Waals surface area contributed by atoms with E-state index in [9.17, 15) is 4.79 Å². The molecule has 1 rings (SSSR count). The van der Waals surface area contributed by atoms with Gasteiger partial charge in [-0.05, 0) is 33.4 Å². The van der Waals surface area contributed by atoms with E-state index in [1.54, 1.807) is 7.11 Å². The molecule has 2 N–H and O–H groups in total. The molecule has 0 spiro atoms. The Hall–Kier alpha value is -1.55. The lowest BCUT2D eigenvalue weighted by molar-refractivity contribution is -0.121. The summed E-state index contributed by atoms with van der Waals surface area (Å²) >= 11 is 0. The number of hydrogen-bond acceptors (Lipinski definition) is 3. The molecule has 1 unspecified atom stereocenters. The first kappa shape index (κ1) is 15.5. The van der Waals surface area contributed by atoms with Gasteiger partial charge in [-0.3, -0.25) is 4.79 Å². The number of carbonyl (C=O) groups is 1. The summed E-state index contributed by atoms with van der Waals surface area (Å²) in [5.41, 5.74) is 3.29. The SMILES string of the molecule is CNCCC(=O)NC(C)c1cc(C)cc(C)c1OC. The number of nitrogens with one attached hydrogen (secondary N) is 2. The normalized spacial score (nSPS) is 12.1. The topological polar surface area (TPSA) is 50.4 Å². The molecule has 1 aromatic rings. The molecule has 0 bridgehead atoms. The first-order valence-corrected chi connectivity index (χ1v) is 6.58. The van der Waals surface area contributed by atoms with E-state index in [0.717, 1.165) is 16.9 Å². The summed E-state index contributed by atoms with van der Waals surface area (Å²) in [7, 11) is 3.50. The van der Waals surface area contributed by atoms with Crippen molar-refractivity contribution in [3.63, 3.8) is 0 Å². The Labute approximate surface area is 115 Å². The van der Waals surface area contributed by atoms with Gasteiger partial charge in [0.1, 0.15) is 5.75 Å². The van der Waals surface area contributed by atoms with Gasteiger partial charge in [-0.25, -0.2) is 0 Å². The van der Waals surface area contributed by atoms with Crippen LogP contribution in [0, 0.1) is 13.8 Å². The van der Waals surface area contributed by atoms with Crippen molar-refractivity contribution in [1.82, 2.24) is 10.6 Å². The molecule has 0 aliphatic rings. The summed E-state index contributed by atoms with van der Waals surface area (Å²) in [6.07, 6.45) is 0.480. The molecule has 19 heavy (non-hydrogen) atoms. The standard InChI is InChI=1S/C15H24N2O2/c1-10-8-11(2)15(19-5)13(9-10)12(3)17-14(18)6-7-16-4/h8-9,12,16H,6-7H2,1-5H3,(H,17,18). The molecule has 1 aromatic carbocycles. The highest BCUT2D eigenvalue weighted by molar-refractivity contribution is 5.76. The number of hydrogen-bond donors (Lipinski definition) is 2. The average Bonchev–Trinajstić information content (AvgIpc) is 2.35. The molecular formula is C15H24N2O2. The predicted octanol–water partition coefficient (Wildman–Crippen LogP) is 2.10. The zero-order valence-electron chi connectivity index (χ0n) is 12.5. The van der Waals surface area contributed by atoms with Crippen molar-refractivity contribution in [2.45, 2.75) is 33.2 Å². The zero-order chi connectivity index (χ0) is 14.4.